The van der Waals surface area contributed by atoms with Gasteiger partial charge >= 0.3 is 0 Å². The van der Waals surface area contributed by atoms with E-state index in [0.717, 1.165) is 46.4 Å². The highest BCUT2D eigenvalue weighted by Gasteiger charge is 2.28. The lowest BCUT2D eigenvalue weighted by atomic mass is 9.95. The van der Waals surface area contributed by atoms with Gasteiger partial charge in [-0.25, -0.2) is 0 Å². The molecule has 2 unspecified atom stereocenters. The van der Waals surface area contributed by atoms with Crippen molar-refractivity contribution in [1.82, 2.24) is 0 Å². The summed E-state index contributed by atoms with van der Waals surface area (Å²) in [6.45, 7) is 3.62. The summed E-state index contributed by atoms with van der Waals surface area (Å²) in [7, 11) is 0. The number of rotatable bonds is 2. The Hall–Kier alpha value is -0.840. The predicted molar refractivity (Wildman–Crippen MR) is 74.5 cm³/mol. The van der Waals surface area contributed by atoms with E-state index in [1.807, 2.05) is 12.1 Å². The van der Waals surface area contributed by atoms with Crippen LogP contribution in [-0.4, -0.2) is 13.2 Å². The molecule has 2 heterocycles. The summed E-state index contributed by atoms with van der Waals surface area (Å²) in [5, 5.41) is 1.14. The standard InChI is InChI=1S/C14H16BrNO2/c1-8-11-3-2-10(15)6-12(11)18-14(8)13(16)9-4-5-17-7-9/h2-3,6,9,13H,4-5,7,16H2,1H3. The number of halogens is 1. The summed E-state index contributed by atoms with van der Waals surface area (Å²) >= 11 is 3.46. The topological polar surface area (TPSA) is 48.4 Å². The Morgan fingerprint density at radius 1 is 1.44 bits per heavy atom. The molecular formula is C14H16BrNO2. The fraction of sp³-hybridized carbons (Fsp3) is 0.429. The van der Waals surface area contributed by atoms with Crippen LogP contribution in [0.5, 0.6) is 0 Å². The number of hydrogen-bond acceptors (Lipinski definition) is 3. The molecule has 1 aromatic heterocycles. The van der Waals surface area contributed by atoms with Crippen LogP contribution in [-0.2, 0) is 4.74 Å². The molecule has 4 heteroatoms. The van der Waals surface area contributed by atoms with Gasteiger partial charge in [-0.2, -0.15) is 0 Å². The van der Waals surface area contributed by atoms with Crippen LogP contribution in [0.2, 0.25) is 0 Å². The first-order chi connectivity index (χ1) is 8.66. The Morgan fingerprint density at radius 3 is 3.00 bits per heavy atom. The van der Waals surface area contributed by atoms with Crippen LogP contribution in [0.15, 0.2) is 27.1 Å². The van der Waals surface area contributed by atoms with E-state index in [4.69, 9.17) is 14.9 Å². The number of furan rings is 1. The molecule has 0 amide bonds. The summed E-state index contributed by atoms with van der Waals surface area (Å²) in [5.74, 6) is 1.27. The summed E-state index contributed by atoms with van der Waals surface area (Å²) in [6, 6.07) is 6.01. The number of aryl methyl sites for hydroxylation is 1. The Labute approximate surface area is 114 Å². The third-order valence-corrected chi connectivity index (χ3v) is 4.21. The second kappa shape index (κ2) is 4.68. The van der Waals surface area contributed by atoms with Crippen LogP contribution in [0, 0.1) is 12.8 Å². The molecule has 1 aliphatic heterocycles. The van der Waals surface area contributed by atoms with Gasteiger partial charge in [0.15, 0.2) is 0 Å². The van der Waals surface area contributed by atoms with Gasteiger partial charge in [-0.1, -0.05) is 15.9 Å². The van der Waals surface area contributed by atoms with E-state index in [9.17, 15) is 0 Å². The number of ether oxygens (including phenoxy) is 1. The number of nitrogens with two attached hydrogens (primary N) is 1. The van der Waals surface area contributed by atoms with E-state index < -0.39 is 0 Å². The molecule has 1 aliphatic rings. The molecule has 0 spiro atoms. The molecule has 0 aliphatic carbocycles. The van der Waals surface area contributed by atoms with Crippen molar-refractivity contribution in [2.24, 2.45) is 11.7 Å². The molecule has 3 rings (SSSR count). The van der Waals surface area contributed by atoms with E-state index >= 15 is 0 Å². The van der Waals surface area contributed by atoms with Crippen molar-refractivity contribution >= 4 is 26.9 Å². The van der Waals surface area contributed by atoms with Crippen LogP contribution >= 0.6 is 15.9 Å². The van der Waals surface area contributed by atoms with Crippen molar-refractivity contribution in [1.29, 1.82) is 0 Å². The minimum absolute atomic E-state index is 0.0707. The maximum Gasteiger partial charge on any atom is 0.135 e. The van der Waals surface area contributed by atoms with Crippen LogP contribution in [0.4, 0.5) is 0 Å². The van der Waals surface area contributed by atoms with Gasteiger partial charge in [0.05, 0.1) is 12.6 Å². The summed E-state index contributed by atoms with van der Waals surface area (Å²) < 4.78 is 12.4. The van der Waals surface area contributed by atoms with Crippen molar-refractivity contribution in [2.45, 2.75) is 19.4 Å². The Balaban J connectivity index is 2.03. The highest BCUT2D eigenvalue weighted by Crippen LogP contribution is 2.35. The SMILES string of the molecule is Cc1c(C(N)C2CCOC2)oc2cc(Br)ccc12. The molecule has 96 valence electrons. The zero-order valence-electron chi connectivity index (χ0n) is 10.3. The first-order valence-electron chi connectivity index (χ1n) is 6.18. The van der Waals surface area contributed by atoms with E-state index in [1.165, 1.54) is 0 Å². The number of hydrogen-bond donors (Lipinski definition) is 1. The van der Waals surface area contributed by atoms with Gasteiger partial charge < -0.3 is 14.9 Å². The molecule has 2 N–H and O–H groups in total. The molecule has 0 saturated carbocycles. The molecule has 1 fully saturated rings. The normalized spacial score (nSPS) is 21.6. The van der Waals surface area contributed by atoms with Crippen LogP contribution in [0.1, 0.15) is 23.8 Å². The molecule has 1 saturated heterocycles. The lowest BCUT2D eigenvalue weighted by Gasteiger charge is -2.15. The fourth-order valence-electron chi connectivity index (χ4n) is 2.59. The summed E-state index contributed by atoms with van der Waals surface area (Å²) in [6.07, 6.45) is 1.02. The molecule has 2 atom stereocenters. The van der Waals surface area contributed by atoms with Gasteiger partial charge in [0.2, 0.25) is 0 Å². The summed E-state index contributed by atoms with van der Waals surface area (Å²) in [5.41, 5.74) is 8.36. The van der Waals surface area contributed by atoms with E-state index in [0.29, 0.717) is 5.92 Å². The number of fused-ring (bicyclic) bond motifs is 1. The Kier molecular flexibility index (Phi) is 3.18. The maximum absolute atomic E-state index is 6.32. The third kappa shape index (κ3) is 1.98. The lowest BCUT2D eigenvalue weighted by molar-refractivity contribution is 0.178. The average Bonchev–Trinajstić information content (AvgIpc) is 2.97. The average molecular weight is 310 g/mol. The fourth-order valence-corrected chi connectivity index (χ4v) is 2.93. The quantitative estimate of drug-likeness (QED) is 0.923. The zero-order valence-corrected chi connectivity index (χ0v) is 11.9. The monoisotopic (exact) mass is 309 g/mol. The highest BCUT2D eigenvalue weighted by atomic mass is 79.9. The van der Waals surface area contributed by atoms with Crippen LogP contribution in [0.3, 0.4) is 0 Å². The minimum Gasteiger partial charge on any atom is -0.459 e. The van der Waals surface area contributed by atoms with Gasteiger partial charge in [-0.15, -0.1) is 0 Å². The minimum atomic E-state index is -0.0707. The van der Waals surface area contributed by atoms with E-state index in [-0.39, 0.29) is 6.04 Å². The van der Waals surface area contributed by atoms with Crippen molar-refractivity contribution in [3.8, 4) is 0 Å². The Bertz CT molecular complexity index is 572. The zero-order chi connectivity index (χ0) is 12.7. The van der Waals surface area contributed by atoms with Gasteiger partial charge in [0.25, 0.3) is 0 Å². The van der Waals surface area contributed by atoms with Crippen molar-refractivity contribution < 1.29 is 9.15 Å². The van der Waals surface area contributed by atoms with E-state index in [1.54, 1.807) is 0 Å². The molecule has 3 nitrogen and oxygen atoms in total. The predicted octanol–water partition coefficient (Wildman–Crippen LogP) is 3.54. The Morgan fingerprint density at radius 2 is 2.28 bits per heavy atom. The molecule has 2 aromatic rings. The smallest absolute Gasteiger partial charge is 0.135 e. The van der Waals surface area contributed by atoms with Crippen molar-refractivity contribution in [2.75, 3.05) is 13.2 Å². The first kappa shape index (κ1) is 12.2. The van der Waals surface area contributed by atoms with E-state index in [2.05, 4.69) is 28.9 Å². The molecule has 0 radical (unpaired) electrons. The first-order valence-corrected chi connectivity index (χ1v) is 6.98. The van der Waals surface area contributed by atoms with Crippen LogP contribution < -0.4 is 5.73 Å². The van der Waals surface area contributed by atoms with Crippen molar-refractivity contribution in [3.05, 3.63) is 34.0 Å². The van der Waals surface area contributed by atoms with Crippen LogP contribution in [0.25, 0.3) is 11.0 Å². The van der Waals surface area contributed by atoms with Gasteiger partial charge in [-0.3, -0.25) is 0 Å². The molecule has 18 heavy (non-hydrogen) atoms. The third-order valence-electron chi connectivity index (χ3n) is 3.71. The van der Waals surface area contributed by atoms with Gasteiger partial charge in [-0.05, 0) is 37.1 Å². The van der Waals surface area contributed by atoms with Gasteiger partial charge in [0.1, 0.15) is 11.3 Å². The maximum atomic E-state index is 6.32. The molecule has 1 aromatic carbocycles. The number of benzene rings is 1. The molecular weight excluding hydrogens is 294 g/mol. The summed E-state index contributed by atoms with van der Waals surface area (Å²) in [4.78, 5) is 0. The largest absolute Gasteiger partial charge is 0.459 e. The second-order valence-corrected chi connectivity index (χ2v) is 5.80. The second-order valence-electron chi connectivity index (χ2n) is 4.88. The van der Waals surface area contributed by atoms with Crippen molar-refractivity contribution in [3.63, 3.8) is 0 Å². The highest BCUT2D eigenvalue weighted by molar-refractivity contribution is 9.10. The van der Waals surface area contributed by atoms with Gasteiger partial charge in [0, 0.05) is 22.4 Å². The lowest BCUT2D eigenvalue weighted by Crippen LogP contribution is -2.21. The molecule has 0 bridgehead atoms.